The average Bonchev–Trinajstić information content (AvgIpc) is 0.722. The van der Waals surface area contributed by atoms with Crippen LogP contribution in [0.2, 0.25) is 0 Å². The van der Waals surface area contributed by atoms with E-state index in [1.165, 1.54) is 0 Å². The molecule has 0 spiro atoms. The third-order valence-electron chi connectivity index (χ3n) is 0. The molecule has 0 amide bonds. The summed E-state index contributed by atoms with van der Waals surface area (Å²) >= 11 is 0. The maximum Gasteiger partial charge on any atom is 0.668 e. The van der Waals surface area contributed by atoms with Crippen molar-refractivity contribution < 1.29 is 62.1 Å². The van der Waals surface area contributed by atoms with E-state index in [0.29, 0.717) is 0 Å². The standard InChI is InChI=1S/Fe.Hf.H4O4Si/c;;1-5(2,3)4/h;;1-4H. The van der Waals surface area contributed by atoms with Crippen molar-refractivity contribution in [3.05, 3.63) is 0 Å². The van der Waals surface area contributed by atoms with Gasteiger partial charge in [0.15, 0.2) is 0 Å². The van der Waals surface area contributed by atoms with Gasteiger partial charge < -0.3 is 19.2 Å². The molecule has 0 aliphatic carbocycles. The van der Waals surface area contributed by atoms with E-state index in [0.717, 1.165) is 0 Å². The number of hydrogen-bond donors (Lipinski definition) is 4. The van der Waals surface area contributed by atoms with Crippen LogP contribution in [0.25, 0.3) is 0 Å². The molecule has 7 heavy (non-hydrogen) atoms. The second kappa shape index (κ2) is 5.58. The molecule has 7 heteroatoms. The zero-order valence-electron chi connectivity index (χ0n) is 3.14. The molecule has 0 aliphatic rings. The molecule has 0 aromatic heterocycles. The van der Waals surface area contributed by atoms with Crippen molar-refractivity contribution >= 4 is 9.05 Å². The summed E-state index contributed by atoms with van der Waals surface area (Å²) < 4.78 is 0. The third-order valence-corrected chi connectivity index (χ3v) is 0. The molecule has 0 atom stereocenters. The quantitative estimate of drug-likeness (QED) is 0.367. The number of rotatable bonds is 0. The summed E-state index contributed by atoms with van der Waals surface area (Å²) in [7, 11) is -4.61. The Hall–Kier alpha value is 1.45. The maximum atomic E-state index is 7.33. The van der Waals surface area contributed by atoms with Gasteiger partial charge in [-0.1, -0.05) is 0 Å². The molecule has 4 nitrogen and oxygen atoms in total. The van der Waals surface area contributed by atoms with E-state index in [1.54, 1.807) is 0 Å². The molecule has 0 fully saturated rings. The smallest absolute Gasteiger partial charge is 0.368 e. The fraction of sp³-hybridized carbons (Fsp3) is 0. The van der Waals surface area contributed by atoms with Crippen molar-refractivity contribution in [2.75, 3.05) is 0 Å². The van der Waals surface area contributed by atoms with Gasteiger partial charge in [0.25, 0.3) is 0 Å². The van der Waals surface area contributed by atoms with Gasteiger partial charge in [-0.15, -0.1) is 0 Å². The van der Waals surface area contributed by atoms with Gasteiger partial charge in [0.05, 0.1) is 0 Å². The summed E-state index contributed by atoms with van der Waals surface area (Å²) in [4.78, 5) is 29.3. The molecular weight excluding hydrogens is 326 g/mol. The first kappa shape index (κ1) is 15.8. The predicted octanol–water partition coefficient (Wildman–Crippen LogP) is -2.61. The summed E-state index contributed by atoms with van der Waals surface area (Å²) in [6, 6.07) is 0. The Balaban J connectivity index is -0.0000000800. The Morgan fingerprint density at radius 2 is 0.857 bits per heavy atom. The second-order valence-corrected chi connectivity index (χ2v) is 1.80. The minimum absolute atomic E-state index is 0. The van der Waals surface area contributed by atoms with Gasteiger partial charge in [-0.3, -0.25) is 0 Å². The minimum Gasteiger partial charge on any atom is -0.368 e. The van der Waals surface area contributed by atoms with Gasteiger partial charge in [-0.05, 0) is 0 Å². The van der Waals surface area contributed by atoms with Crippen LogP contribution in [0.15, 0.2) is 0 Å². The van der Waals surface area contributed by atoms with Gasteiger partial charge in [0, 0.05) is 42.9 Å². The zero-order chi connectivity index (χ0) is 4.50. The summed E-state index contributed by atoms with van der Waals surface area (Å²) in [5, 5.41) is 0. The van der Waals surface area contributed by atoms with Gasteiger partial charge in [0.1, 0.15) is 0 Å². The summed E-state index contributed by atoms with van der Waals surface area (Å²) in [5.74, 6) is 0. The molecule has 44 valence electrons. The number of hydrogen-bond acceptors (Lipinski definition) is 4. The monoisotopic (exact) mass is 332 g/mol. The van der Waals surface area contributed by atoms with Crippen LogP contribution in [-0.4, -0.2) is 28.2 Å². The SMILES string of the molecule is O[Si](O)(O)O.[Fe].[Hf]. The Kier molecular flexibility index (Phi) is 12.6. The Morgan fingerprint density at radius 1 is 0.857 bits per heavy atom. The van der Waals surface area contributed by atoms with E-state index in [4.69, 9.17) is 19.2 Å². The van der Waals surface area contributed by atoms with Crippen LogP contribution in [0.5, 0.6) is 0 Å². The molecule has 0 rings (SSSR count). The molecule has 0 unspecified atom stereocenters. The minimum atomic E-state index is -4.61. The largest absolute Gasteiger partial charge is 0.668 e. The molecule has 0 aliphatic heterocycles. The van der Waals surface area contributed by atoms with Gasteiger partial charge in [0.2, 0.25) is 0 Å². The molecule has 0 saturated carbocycles. The van der Waals surface area contributed by atoms with Crippen molar-refractivity contribution in [1.82, 2.24) is 0 Å². The predicted molar refractivity (Wildman–Crippen MR) is 14.6 cm³/mol. The first-order chi connectivity index (χ1) is 2.00. The van der Waals surface area contributed by atoms with Crippen LogP contribution in [0, 0.1) is 0 Å². The molecule has 0 heterocycles. The van der Waals surface area contributed by atoms with E-state index in [9.17, 15) is 0 Å². The van der Waals surface area contributed by atoms with E-state index >= 15 is 0 Å². The molecule has 0 radical (unpaired) electrons. The van der Waals surface area contributed by atoms with Crippen LogP contribution in [0.1, 0.15) is 0 Å². The average molecular weight is 330 g/mol. The maximum absolute atomic E-state index is 7.33. The Labute approximate surface area is 70.9 Å². The summed E-state index contributed by atoms with van der Waals surface area (Å²) in [6.07, 6.45) is 0. The van der Waals surface area contributed by atoms with Crippen LogP contribution in [0.3, 0.4) is 0 Å². The third kappa shape index (κ3) is 106. The van der Waals surface area contributed by atoms with Crippen molar-refractivity contribution in [3.8, 4) is 0 Å². The van der Waals surface area contributed by atoms with E-state index < -0.39 is 9.05 Å². The topological polar surface area (TPSA) is 80.9 Å². The fourth-order valence-corrected chi connectivity index (χ4v) is 0. The van der Waals surface area contributed by atoms with Crippen molar-refractivity contribution in [3.63, 3.8) is 0 Å². The van der Waals surface area contributed by atoms with Crippen LogP contribution in [-0.2, 0) is 42.9 Å². The molecule has 0 aromatic carbocycles. The van der Waals surface area contributed by atoms with Gasteiger partial charge in [-0.2, -0.15) is 0 Å². The first-order valence-electron chi connectivity index (χ1n) is 0.894. The Bertz CT molecular complexity index is 27.2. The van der Waals surface area contributed by atoms with Crippen LogP contribution in [0.4, 0.5) is 0 Å². The van der Waals surface area contributed by atoms with Crippen molar-refractivity contribution in [2.24, 2.45) is 0 Å². The van der Waals surface area contributed by atoms with Crippen molar-refractivity contribution in [1.29, 1.82) is 0 Å². The molecule has 0 aromatic rings. The molecule has 0 bridgehead atoms. The van der Waals surface area contributed by atoms with Gasteiger partial charge >= 0.3 is 9.05 Å². The fourth-order valence-electron chi connectivity index (χ4n) is 0. The zero-order valence-corrected chi connectivity index (χ0v) is 8.84. The summed E-state index contributed by atoms with van der Waals surface area (Å²) in [5.41, 5.74) is 0. The molecule has 0 saturated heterocycles. The van der Waals surface area contributed by atoms with Gasteiger partial charge in [-0.25, -0.2) is 0 Å². The molecule has 4 N–H and O–H groups in total. The van der Waals surface area contributed by atoms with Crippen LogP contribution < -0.4 is 0 Å². The molecular formula is H4FeHfO4Si. The van der Waals surface area contributed by atoms with Crippen molar-refractivity contribution in [2.45, 2.75) is 0 Å². The first-order valence-corrected chi connectivity index (χ1v) is 2.68. The summed E-state index contributed by atoms with van der Waals surface area (Å²) in [6.45, 7) is 0. The Morgan fingerprint density at radius 3 is 0.857 bits per heavy atom. The van der Waals surface area contributed by atoms with E-state index in [1.807, 2.05) is 0 Å². The van der Waals surface area contributed by atoms with Crippen LogP contribution >= 0.6 is 0 Å². The normalized spacial score (nSPS) is 8.57. The second-order valence-electron chi connectivity index (χ2n) is 0.600. The van der Waals surface area contributed by atoms with E-state index in [-0.39, 0.29) is 42.9 Å². The van der Waals surface area contributed by atoms with E-state index in [2.05, 4.69) is 0 Å².